The molecule has 1 aromatic carbocycles. The van der Waals surface area contributed by atoms with Crippen molar-refractivity contribution < 1.29 is 0 Å². The molecule has 0 saturated carbocycles. The lowest BCUT2D eigenvalue weighted by molar-refractivity contribution is 1.42. The van der Waals surface area contributed by atoms with Gasteiger partial charge in [0.15, 0.2) is 0 Å². The van der Waals surface area contributed by atoms with E-state index in [1.807, 2.05) is 12.1 Å². The summed E-state index contributed by atoms with van der Waals surface area (Å²) in [6.07, 6.45) is 0. The molecule has 0 bridgehead atoms. The zero-order valence-electron chi connectivity index (χ0n) is 5.50. The quantitative estimate of drug-likeness (QED) is 0.654. The molecule has 1 aromatic rings. The highest BCUT2D eigenvalue weighted by Gasteiger charge is 2.02. The predicted octanol–water partition coefficient (Wildman–Crippen LogP) is 2.19. The summed E-state index contributed by atoms with van der Waals surface area (Å²) in [6.45, 7) is 0. The Kier molecular flexibility index (Phi) is 2.25. The van der Waals surface area contributed by atoms with Gasteiger partial charge in [0.2, 0.25) is 0 Å². The second-order valence-electron chi connectivity index (χ2n) is 1.89. The van der Waals surface area contributed by atoms with Gasteiger partial charge in [0.1, 0.15) is 12.1 Å². The highest BCUT2D eigenvalue weighted by atomic mass is 79.9. The number of rotatable bonds is 0. The smallest absolute Gasteiger partial charge is 0.100 e. The summed E-state index contributed by atoms with van der Waals surface area (Å²) in [5.41, 5.74) is 0.980. The van der Waals surface area contributed by atoms with E-state index in [1.54, 1.807) is 18.2 Å². The normalized spacial score (nSPS) is 8.27. The fourth-order valence-electron chi connectivity index (χ4n) is 0.705. The SMILES string of the molecule is N#Cc1cccc(C#N)c1Br. The molecule has 11 heavy (non-hydrogen) atoms. The van der Waals surface area contributed by atoms with Crippen LogP contribution in [0.5, 0.6) is 0 Å². The standard InChI is InChI=1S/C8H3BrN2/c9-8-6(4-10)2-1-3-7(8)5-11/h1-3H. The first kappa shape index (κ1) is 7.78. The molecule has 1 rings (SSSR count). The highest BCUT2D eigenvalue weighted by Crippen LogP contribution is 2.19. The minimum Gasteiger partial charge on any atom is -0.192 e. The van der Waals surface area contributed by atoms with Gasteiger partial charge in [-0.05, 0) is 28.1 Å². The molecular weight excluding hydrogens is 204 g/mol. The third kappa shape index (κ3) is 1.39. The Bertz CT molecular complexity index is 325. The van der Waals surface area contributed by atoms with Crippen LogP contribution in [0.15, 0.2) is 22.7 Å². The molecule has 2 nitrogen and oxygen atoms in total. The molecule has 3 heteroatoms. The van der Waals surface area contributed by atoms with Gasteiger partial charge in [0.25, 0.3) is 0 Å². The van der Waals surface area contributed by atoms with Gasteiger partial charge in [-0.25, -0.2) is 0 Å². The molecule has 0 radical (unpaired) electrons. The fourth-order valence-corrected chi connectivity index (χ4v) is 1.15. The number of nitrogens with zero attached hydrogens (tertiary/aromatic N) is 2. The number of halogens is 1. The zero-order valence-corrected chi connectivity index (χ0v) is 7.09. The Morgan fingerprint density at radius 2 is 1.55 bits per heavy atom. The molecule has 0 spiro atoms. The summed E-state index contributed by atoms with van der Waals surface area (Å²) >= 11 is 3.16. The van der Waals surface area contributed by atoms with Crippen LogP contribution in [-0.4, -0.2) is 0 Å². The van der Waals surface area contributed by atoms with Gasteiger partial charge >= 0.3 is 0 Å². The van der Waals surface area contributed by atoms with E-state index in [0.29, 0.717) is 15.6 Å². The van der Waals surface area contributed by atoms with Gasteiger partial charge in [0, 0.05) is 0 Å². The molecule has 0 fully saturated rings. The van der Waals surface area contributed by atoms with Crippen LogP contribution in [0.3, 0.4) is 0 Å². The molecule has 0 atom stereocenters. The maximum absolute atomic E-state index is 8.55. The summed E-state index contributed by atoms with van der Waals surface area (Å²) in [4.78, 5) is 0. The maximum atomic E-state index is 8.55. The van der Waals surface area contributed by atoms with Crippen molar-refractivity contribution in [2.45, 2.75) is 0 Å². The van der Waals surface area contributed by atoms with E-state index < -0.39 is 0 Å². The van der Waals surface area contributed by atoms with E-state index in [0.717, 1.165) is 0 Å². The van der Waals surface area contributed by atoms with Crippen LogP contribution >= 0.6 is 15.9 Å². The summed E-state index contributed by atoms with van der Waals surface area (Å²) in [7, 11) is 0. The van der Waals surface area contributed by atoms with Gasteiger partial charge in [-0.15, -0.1) is 0 Å². The molecule has 0 heterocycles. The molecule has 0 unspecified atom stereocenters. The minimum atomic E-state index is 0.490. The van der Waals surface area contributed by atoms with Crippen LogP contribution in [0.25, 0.3) is 0 Å². The summed E-state index contributed by atoms with van der Waals surface area (Å²) in [6, 6.07) is 8.94. The van der Waals surface area contributed by atoms with Gasteiger partial charge in [-0.1, -0.05) is 6.07 Å². The molecule has 0 aliphatic carbocycles. The minimum absolute atomic E-state index is 0.490. The van der Waals surface area contributed by atoms with Crippen LogP contribution in [-0.2, 0) is 0 Å². The molecule has 0 amide bonds. The van der Waals surface area contributed by atoms with Crippen molar-refractivity contribution in [3.63, 3.8) is 0 Å². The van der Waals surface area contributed by atoms with Crippen LogP contribution in [0.1, 0.15) is 11.1 Å². The van der Waals surface area contributed by atoms with Crippen molar-refractivity contribution in [1.82, 2.24) is 0 Å². The van der Waals surface area contributed by atoms with Crippen molar-refractivity contribution in [2.75, 3.05) is 0 Å². The average molecular weight is 207 g/mol. The summed E-state index contributed by atoms with van der Waals surface area (Å²) in [5.74, 6) is 0. The summed E-state index contributed by atoms with van der Waals surface area (Å²) < 4.78 is 0.574. The first-order valence-corrected chi connectivity index (χ1v) is 3.67. The van der Waals surface area contributed by atoms with Crippen molar-refractivity contribution in [3.05, 3.63) is 33.8 Å². The molecule has 0 aliphatic heterocycles. The van der Waals surface area contributed by atoms with Gasteiger partial charge in [-0.2, -0.15) is 10.5 Å². The Balaban J connectivity index is 3.38. The monoisotopic (exact) mass is 206 g/mol. The van der Waals surface area contributed by atoms with E-state index in [1.165, 1.54) is 0 Å². The van der Waals surface area contributed by atoms with Crippen LogP contribution in [0.4, 0.5) is 0 Å². The third-order valence-corrected chi connectivity index (χ3v) is 2.09. The predicted molar refractivity (Wildman–Crippen MR) is 43.6 cm³/mol. The second kappa shape index (κ2) is 3.18. The molecule has 0 aliphatic rings. The summed E-state index contributed by atoms with van der Waals surface area (Å²) in [5, 5.41) is 17.1. The van der Waals surface area contributed by atoms with Crippen LogP contribution < -0.4 is 0 Å². The van der Waals surface area contributed by atoms with Crippen molar-refractivity contribution in [1.29, 1.82) is 10.5 Å². The number of hydrogen-bond donors (Lipinski definition) is 0. The lowest BCUT2D eigenvalue weighted by atomic mass is 10.1. The molecule has 52 valence electrons. The van der Waals surface area contributed by atoms with Crippen molar-refractivity contribution in [2.24, 2.45) is 0 Å². The van der Waals surface area contributed by atoms with Crippen LogP contribution in [0, 0.1) is 22.7 Å². The first-order valence-electron chi connectivity index (χ1n) is 2.88. The van der Waals surface area contributed by atoms with Gasteiger partial charge < -0.3 is 0 Å². The number of benzene rings is 1. The van der Waals surface area contributed by atoms with E-state index in [4.69, 9.17) is 10.5 Å². The zero-order chi connectivity index (χ0) is 8.27. The number of nitriles is 2. The van der Waals surface area contributed by atoms with E-state index >= 15 is 0 Å². The lowest BCUT2D eigenvalue weighted by Gasteiger charge is -1.94. The molecule has 0 aromatic heterocycles. The van der Waals surface area contributed by atoms with Gasteiger partial charge in [0.05, 0.1) is 15.6 Å². The average Bonchev–Trinajstić information content (AvgIpc) is 2.05. The van der Waals surface area contributed by atoms with E-state index in [9.17, 15) is 0 Å². The Morgan fingerprint density at radius 3 is 1.91 bits per heavy atom. The maximum Gasteiger partial charge on any atom is 0.100 e. The Morgan fingerprint density at radius 1 is 1.09 bits per heavy atom. The van der Waals surface area contributed by atoms with E-state index in [-0.39, 0.29) is 0 Å². The Labute approximate surface area is 72.8 Å². The molecular formula is C8H3BrN2. The van der Waals surface area contributed by atoms with Crippen LogP contribution in [0.2, 0.25) is 0 Å². The van der Waals surface area contributed by atoms with Crippen molar-refractivity contribution in [3.8, 4) is 12.1 Å². The molecule has 0 N–H and O–H groups in total. The Hall–Kier alpha value is -1.32. The fraction of sp³-hybridized carbons (Fsp3) is 0. The topological polar surface area (TPSA) is 47.6 Å². The highest BCUT2D eigenvalue weighted by molar-refractivity contribution is 9.10. The van der Waals surface area contributed by atoms with Gasteiger partial charge in [-0.3, -0.25) is 0 Å². The second-order valence-corrected chi connectivity index (χ2v) is 2.68. The lowest BCUT2D eigenvalue weighted by Crippen LogP contribution is -1.81. The largest absolute Gasteiger partial charge is 0.192 e. The third-order valence-electron chi connectivity index (χ3n) is 1.24. The number of hydrogen-bond acceptors (Lipinski definition) is 2. The molecule has 0 saturated heterocycles. The van der Waals surface area contributed by atoms with Crippen molar-refractivity contribution >= 4 is 15.9 Å². The first-order chi connectivity index (χ1) is 5.29. The van der Waals surface area contributed by atoms with E-state index in [2.05, 4.69) is 15.9 Å².